The van der Waals surface area contributed by atoms with Crippen LogP contribution in [0.1, 0.15) is 11.3 Å². The van der Waals surface area contributed by atoms with Gasteiger partial charge in [0.15, 0.2) is 0 Å². The Morgan fingerprint density at radius 2 is 2.22 bits per heavy atom. The van der Waals surface area contributed by atoms with Crippen LogP contribution in [0.2, 0.25) is 0 Å². The van der Waals surface area contributed by atoms with Gasteiger partial charge in [0, 0.05) is 15.4 Å². The van der Waals surface area contributed by atoms with E-state index in [4.69, 9.17) is 0 Å². The molecule has 1 aromatic heterocycles. The first kappa shape index (κ1) is 13.5. The topological polar surface area (TPSA) is 57.5 Å². The van der Waals surface area contributed by atoms with Crippen LogP contribution in [0.4, 0.5) is 5.13 Å². The maximum atomic E-state index is 9.82. The second-order valence-corrected chi connectivity index (χ2v) is 6.12. The van der Waals surface area contributed by atoms with Crippen LogP contribution >= 0.6 is 43.2 Å². The molecule has 0 fully saturated rings. The zero-order valence-corrected chi connectivity index (χ0v) is 13.3. The predicted molar refractivity (Wildman–Crippen MR) is 81.6 cm³/mol. The summed E-state index contributed by atoms with van der Waals surface area (Å²) < 4.78 is 1.47. The molecule has 94 valence electrons. The Bertz CT molecular complexity index is 598. The van der Waals surface area contributed by atoms with Crippen molar-refractivity contribution in [3.63, 3.8) is 0 Å². The number of hydrogen-bond donors (Lipinski definition) is 2. The maximum absolute atomic E-state index is 9.82. The molecule has 1 aromatic carbocycles. The van der Waals surface area contributed by atoms with Gasteiger partial charge in [-0.2, -0.15) is 5.10 Å². The second-order valence-electron chi connectivity index (χ2n) is 3.49. The molecule has 0 amide bonds. The van der Waals surface area contributed by atoms with Gasteiger partial charge in [-0.05, 0) is 35.0 Å². The normalized spacial score (nSPS) is 11.1. The van der Waals surface area contributed by atoms with Crippen LogP contribution in [0, 0.1) is 6.92 Å². The fourth-order valence-corrected chi connectivity index (χ4v) is 3.14. The fourth-order valence-electron chi connectivity index (χ4n) is 1.25. The van der Waals surface area contributed by atoms with E-state index in [0.29, 0.717) is 10.0 Å². The summed E-state index contributed by atoms with van der Waals surface area (Å²) in [6.07, 6.45) is 1.54. The molecule has 0 atom stereocenters. The quantitative estimate of drug-likeness (QED) is 0.611. The lowest BCUT2D eigenvalue weighted by Crippen LogP contribution is -1.91. The number of halogens is 2. The number of hydrazone groups is 1. The van der Waals surface area contributed by atoms with E-state index in [2.05, 4.69) is 47.4 Å². The van der Waals surface area contributed by atoms with Gasteiger partial charge in [0.25, 0.3) is 0 Å². The summed E-state index contributed by atoms with van der Waals surface area (Å²) in [6.45, 7) is 1.92. The highest BCUT2D eigenvalue weighted by molar-refractivity contribution is 9.11. The molecule has 0 aliphatic carbocycles. The molecular formula is C11H9Br2N3OS. The molecule has 0 aliphatic heterocycles. The molecule has 2 N–H and O–H groups in total. The van der Waals surface area contributed by atoms with Crippen LogP contribution < -0.4 is 5.43 Å². The highest BCUT2D eigenvalue weighted by Crippen LogP contribution is 2.30. The van der Waals surface area contributed by atoms with Gasteiger partial charge in [-0.15, -0.1) is 11.3 Å². The van der Waals surface area contributed by atoms with Crippen molar-refractivity contribution in [2.45, 2.75) is 6.92 Å². The average Bonchev–Trinajstić information content (AvgIpc) is 2.71. The van der Waals surface area contributed by atoms with Gasteiger partial charge in [0.2, 0.25) is 5.13 Å². The van der Waals surface area contributed by atoms with Crippen molar-refractivity contribution in [1.29, 1.82) is 0 Å². The Hall–Kier alpha value is -0.920. The molecule has 0 bridgehead atoms. The molecule has 0 saturated heterocycles. The van der Waals surface area contributed by atoms with Gasteiger partial charge in [-0.3, -0.25) is 5.43 Å². The number of benzene rings is 1. The summed E-state index contributed by atoms with van der Waals surface area (Å²) in [5.74, 6) is 0.152. The lowest BCUT2D eigenvalue weighted by Gasteiger charge is -2.02. The van der Waals surface area contributed by atoms with Gasteiger partial charge in [0.1, 0.15) is 5.75 Å². The number of phenols is 1. The first-order valence-electron chi connectivity index (χ1n) is 4.95. The van der Waals surface area contributed by atoms with E-state index in [1.54, 1.807) is 18.3 Å². The molecule has 0 radical (unpaired) electrons. The van der Waals surface area contributed by atoms with Gasteiger partial charge in [0.05, 0.1) is 16.4 Å². The molecule has 0 unspecified atom stereocenters. The third-order valence-corrected chi connectivity index (χ3v) is 3.97. The number of aryl methyl sites for hydroxylation is 1. The van der Waals surface area contributed by atoms with Crippen molar-refractivity contribution in [2.24, 2.45) is 5.10 Å². The monoisotopic (exact) mass is 389 g/mol. The molecule has 2 aromatic rings. The number of hydrogen-bond acceptors (Lipinski definition) is 5. The highest BCUT2D eigenvalue weighted by atomic mass is 79.9. The van der Waals surface area contributed by atoms with Crippen LogP contribution in [-0.2, 0) is 0 Å². The number of aromatic nitrogens is 1. The van der Waals surface area contributed by atoms with Crippen molar-refractivity contribution >= 4 is 54.5 Å². The highest BCUT2D eigenvalue weighted by Gasteiger charge is 2.05. The largest absolute Gasteiger partial charge is 0.506 e. The molecule has 7 heteroatoms. The van der Waals surface area contributed by atoms with Crippen molar-refractivity contribution in [2.75, 3.05) is 5.43 Å². The maximum Gasteiger partial charge on any atom is 0.203 e. The number of aromatic hydroxyl groups is 1. The molecule has 0 spiro atoms. The first-order valence-corrected chi connectivity index (χ1v) is 7.42. The van der Waals surface area contributed by atoms with E-state index < -0.39 is 0 Å². The van der Waals surface area contributed by atoms with E-state index in [1.165, 1.54) is 11.3 Å². The lowest BCUT2D eigenvalue weighted by molar-refractivity contribution is 0.471. The van der Waals surface area contributed by atoms with Crippen molar-refractivity contribution in [1.82, 2.24) is 4.98 Å². The standard InChI is InChI=1S/C11H9Br2N3OS/c1-6-5-18-11(15-6)16-14-4-7-2-8(12)3-9(13)10(7)17/h2-5,17H,1H3,(H,15,16)/b14-4-. The Morgan fingerprint density at radius 1 is 1.44 bits per heavy atom. The summed E-state index contributed by atoms with van der Waals surface area (Å²) in [7, 11) is 0. The number of phenolic OH excluding ortho intramolecular Hbond substituents is 1. The van der Waals surface area contributed by atoms with Crippen LogP contribution in [-0.4, -0.2) is 16.3 Å². The van der Waals surface area contributed by atoms with Gasteiger partial charge >= 0.3 is 0 Å². The minimum absolute atomic E-state index is 0.152. The van der Waals surface area contributed by atoms with E-state index in [1.807, 2.05) is 12.3 Å². The van der Waals surface area contributed by atoms with Crippen LogP contribution in [0.15, 0.2) is 31.6 Å². The molecular weight excluding hydrogens is 382 g/mol. The Kier molecular flexibility index (Phi) is 4.36. The Balaban J connectivity index is 2.14. The number of nitrogens with zero attached hydrogens (tertiary/aromatic N) is 2. The smallest absolute Gasteiger partial charge is 0.203 e. The molecule has 4 nitrogen and oxygen atoms in total. The van der Waals surface area contributed by atoms with Crippen LogP contribution in [0.5, 0.6) is 5.75 Å². The first-order chi connectivity index (χ1) is 8.56. The van der Waals surface area contributed by atoms with E-state index in [-0.39, 0.29) is 5.75 Å². The van der Waals surface area contributed by atoms with Gasteiger partial charge < -0.3 is 5.11 Å². The van der Waals surface area contributed by atoms with E-state index in [9.17, 15) is 5.11 Å². The summed E-state index contributed by atoms with van der Waals surface area (Å²) >= 11 is 8.10. The number of thiazole rings is 1. The number of rotatable bonds is 3. The Labute approximate surface area is 125 Å². The minimum Gasteiger partial charge on any atom is -0.506 e. The van der Waals surface area contributed by atoms with Gasteiger partial charge in [-0.1, -0.05) is 15.9 Å². The zero-order valence-electron chi connectivity index (χ0n) is 9.32. The summed E-state index contributed by atoms with van der Waals surface area (Å²) in [6, 6.07) is 3.54. The number of anilines is 1. The zero-order chi connectivity index (χ0) is 13.1. The van der Waals surface area contributed by atoms with E-state index in [0.717, 1.165) is 15.3 Å². The average molecular weight is 391 g/mol. The SMILES string of the molecule is Cc1csc(N/N=C\c2cc(Br)cc(Br)c2O)n1. The van der Waals surface area contributed by atoms with E-state index >= 15 is 0 Å². The van der Waals surface area contributed by atoms with Crippen molar-refractivity contribution in [3.8, 4) is 5.75 Å². The van der Waals surface area contributed by atoms with Gasteiger partial charge in [-0.25, -0.2) is 4.98 Å². The summed E-state index contributed by atoms with van der Waals surface area (Å²) in [5, 5.41) is 16.5. The number of nitrogens with one attached hydrogen (secondary N) is 1. The fraction of sp³-hybridized carbons (Fsp3) is 0.0909. The van der Waals surface area contributed by atoms with Crippen LogP contribution in [0.25, 0.3) is 0 Å². The minimum atomic E-state index is 0.152. The lowest BCUT2D eigenvalue weighted by atomic mass is 10.2. The second kappa shape index (κ2) is 5.81. The summed E-state index contributed by atoms with van der Waals surface area (Å²) in [4.78, 5) is 4.21. The molecule has 0 aliphatic rings. The Morgan fingerprint density at radius 3 is 2.89 bits per heavy atom. The van der Waals surface area contributed by atoms with Crippen molar-refractivity contribution in [3.05, 3.63) is 37.7 Å². The third kappa shape index (κ3) is 3.30. The molecule has 2 rings (SSSR count). The molecule has 1 heterocycles. The van der Waals surface area contributed by atoms with Crippen LogP contribution in [0.3, 0.4) is 0 Å². The van der Waals surface area contributed by atoms with Crippen molar-refractivity contribution < 1.29 is 5.11 Å². The molecule has 18 heavy (non-hydrogen) atoms. The third-order valence-electron chi connectivity index (χ3n) is 2.04. The molecule has 0 saturated carbocycles. The predicted octanol–water partition coefficient (Wildman–Crippen LogP) is 4.13. The summed E-state index contributed by atoms with van der Waals surface area (Å²) in [5.41, 5.74) is 4.37.